The normalized spacial score (nSPS) is 19.2. The molecule has 3 heteroatoms. The minimum Gasteiger partial charge on any atom is -0.396 e. The van der Waals surface area contributed by atoms with Crippen molar-refractivity contribution < 1.29 is 5.11 Å². The van der Waals surface area contributed by atoms with Crippen molar-refractivity contribution in [3.8, 4) is 0 Å². The molecule has 2 aliphatic rings. The molecule has 0 unspecified atom stereocenters. The van der Waals surface area contributed by atoms with E-state index < -0.39 is 0 Å². The molecular weight excluding hydrogens is 308 g/mol. The predicted molar refractivity (Wildman–Crippen MR) is 102 cm³/mol. The standard InChI is InChI=1S/C22H28N2O/c25-17-5-12-23-13-15-24(16-14-23)22-20-8-3-1-6-18(20)10-11-19-7-2-4-9-21(19)22/h1-4,6-9,22,25H,5,10-17H2. The second kappa shape index (κ2) is 7.69. The number of aliphatic hydroxyl groups is 1. The molecule has 0 atom stereocenters. The van der Waals surface area contributed by atoms with Crippen LogP contribution in [0.5, 0.6) is 0 Å². The highest BCUT2D eigenvalue weighted by Gasteiger charge is 2.30. The fourth-order valence-electron chi connectivity index (χ4n) is 4.43. The Hall–Kier alpha value is -1.68. The van der Waals surface area contributed by atoms with Gasteiger partial charge < -0.3 is 10.0 Å². The van der Waals surface area contributed by atoms with Crippen molar-refractivity contribution in [2.24, 2.45) is 0 Å². The summed E-state index contributed by atoms with van der Waals surface area (Å²) in [4.78, 5) is 5.15. The lowest BCUT2D eigenvalue weighted by Gasteiger charge is -2.40. The third kappa shape index (κ3) is 3.50. The Morgan fingerprint density at radius 2 is 1.36 bits per heavy atom. The van der Waals surface area contributed by atoms with E-state index in [0.29, 0.717) is 12.6 Å². The lowest BCUT2D eigenvalue weighted by molar-refractivity contribution is 0.103. The van der Waals surface area contributed by atoms with Gasteiger partial charge in [-0.05, 0) is 41.5 Å². The molecule has 3 nitrogen and oxygen atoms in total. The molecule has 0 radical (unpaired) electrons. The molecule has 0 bridgehead atoms. The van der Waals surface area contributed by atoms with Gasteiger partial charge in [0.15, 0.2) is 0 Å². The van der Waals surface area contributed by atoms with Crippen LogP contribution in [0.4, 0.5) is 0 Å². The van der Waals surface area contributed by atoms with Crippen molar-refractivity contribution >= 4 is 0 Å². The van der Waals surface area contributed by atoms with Gasteiger partial charge in [0, 0.05) is 39.3 Å². The number of aryl methyl sites for hydroxylation is 2. The summed E-state index contributed by atoms with van der Waals surface area (Å²) in [7, 11) is 0. The Balaban J connectivity index is 1.62. The van der Waals surface area contributed by atoms with Crippen molar-refractivity contribution in [3.63, 3.8) is 0 Å². The van der Waals surface area contributed by atoms with Crippen LogP contribution in [0.2, 0.25) is 0 Å². The molecule has 1 N–H and O–H groups in total. The molecule has 1 saturated heterocycles. The lowest BCUT2D eigenvalue weighted by atomic mass is 9.92. The van der Waals surface area contributed by atoms with Crippen LogP contribution in [-0.4, -0.2) is 54.2 Å². The van der Waals surface area contributed by atoms with Gasteiger partial charge in [0.2, 0.25) is 0 Å². The van der Waals surface area contributed by atoms with Crippen LogP contribution >= 0.6 is 0 Å². The van der Waals surface area contributed by atoms with E-state index in [1.165, 1.54) is 22.3 Å². The van der Waals surface area contributed by atoms with E-state index in [1.54, 1.807) is 0 Å². The van der Waals surface area contributed by atoms with E-state index in [0.717, 1.165) is 52.0 Å². The molecule has 132 valence electrons. The maximum Gasteiger partial charge on any atom is 0.0608 e. The summed E-state index contributed by atoms with van der Waals surface area (Å²) >= 11 is 0. The number of fused-ring (bicyclic) bond motifs is 2. The zero-order chi connectivity index (χ0) is 17.1. The minimum absolute atomic E-state index is 0.295. The van der Waals surface area contributed by atoms with Crippen molar-refractivity contribution in [1.82, 2.24) is 9.80 Å². The van der Waals surface area contributed by atoms with Gasteiger partial charge in [0.25, 0.3) is 0 Å². The third-order valence-electron chi connectivity index (χ3n) is 5.77. The number of nitrogens with zero attached hydrogens (tertiary/aromatic N) is 2. The Morgan fingerprint density at radius 1 is 0.800 bits per heavy atom. The number of hydrogen-bond acceptors (Lipinski definition) is 3. The largest absolute Gasteiger partial charge is 0.396 e. The zero-order valence-electron chi connectivity index (χ0n) is 14.9. The lowest BCUT2D eigenvalue weighted by Crippen LogP contribution is -2.48. The first-order chi connectivity index (χ1) is 12.4. The Kier molecular flexibility index (Phi) is 5.16. The first kappa shape index (κ1) is 16.8. The summed E-state index contributed by atoms with van der Waals surface area (Å²) < 4.78 is 0. The van der Waals surface area contributed by atoms with E-state index in [2.05, 4.69) is 58.3 Å². The minimum atomic E-state index is 0.295. The number of rotatable bonds is 4. The van der Waals surface area contributed by atoms with Gasteiger partial charge in [0.1, 0.15) is 0 Å². The highest BCUT2D eigenvalue weighted by atomic mass is 16.3. The van der Waals surface area contributed by atoms with Gasteiger partial charge in [-0.15, -0.1) is 0 Å². The number of aliphatic hydroxyl groups excluding tert-OH is 1. The predicted octanol–water partition coefficient (Wildman–Crippen LogP) is 2.87. The Labute approximate surface area is 150 Å². The summed E-state index contributed by atoms with van der Waals surface area (Å²) in [6.07, 6.45) is 3.16. The topological polar surface area (TPSA) is 26.7 Å². The van der Waals surface area contributed by atoms with Crippen LogP contribution in [-0.2, 0) is 12.8 Å². The molecule has 2 aromatic carbocycles. The summed E-state index contributed by atoms with van der Waals surface area (Å²) in [6.45, 7) is 5.70. The second-order valence-corrected chi connectivity index (χ2v) is 7.25. The van der Waals surface area contributed by atoms with E-state index in [1.807, 2.05) is 0 Å². The summed E-state index contributed by atoms with van der Waals surface area (Å²) in [6, 6.07) is 18.4. The van der Waals surface area contributed by atoms with E-state index in [9.17, 15) is 0 Å². The summed E-state index contributed by atoms with van der Waals surface area (Å²) in [5.41, 5.74) is 6.00. The van der Waals surface area contributed by atoms with Crippen LogP contribution in [0.25, 0.3) is 0 Å². The highest BCUT2D eigenvalue weighted by molar-refractivity contribution is 5.44. The molecule has 0 amide bonds. The van der Waals surface area contributed by atoms with Gasteiger partial charge in [0.05, 0.1) is 6.04 Å². The van der Waals surface area contributed by atoms with E-state index >= 15 is 0 Å². The van der Waals surface area contributed by atoms with Gasteiger partial charge in [-0.3, -0.25) is 4.90 Å². The van der Waals surface area contributed by atoms with E-state index in [-0.39, 0.29) is 0 Å². The SMILES string of the molecule is OCCCN1CCN(C2c3ccccc3CCc3ccccc32)CC1. The molecule has 4 rings (SSSR count). The maximum atomic E-state index is 9.07. The number of piperazine rings is 1. The van der Waals surface area contributed by atoms with Crippen LogP contribution < -0.4 is 0 Å². The Bertz CT molecular complexity index is 659. The molecule has 0 aromatic heterocycles. The third-order valence-corrected chi connectivity index (χ3v) is 5.77. The molecule has 0 spiro atoms. The van der Waals surface area contributed by atoms with E-state index in [4.69, 9.17) is 5.11 Å². The van der Waals surface area contributed by atoms with Crippen LogP contribution in [0.3, 0.4) is 0 Å². The molecule has 1 heterocycles. The molecule has 1 aliphatic carbocycles. The summed E-state index contributed by atoms with van der Waals surface area (Å²) in [5.74, 6) is 0. The smallest absolute Gasteiger partial charge is 0.0608 e. The number of hydrogen-bond donors (Lipinski definition) is 1. The molecule has 1 aliphatic heterocycles. The fraction of sp³-hybridized carbons (Fsp3) is 0.455. The molecule has 1 fully saturated rings. The van der Waals surface area contributed by atoms with Crippen LogP contribution in [0, 0.1) is 0 Å². The first-order valence-electron chi connectivity index (χ1n) is 9.59. The highest BCUT2D eigenvalue weighted by Crippen LogP contribution is 2.37. The number of benzene rings is 2. The van der Waals surface area contributed by atoms with Crippen LogP contribution in [0.15, 0.2) is 48.5 Å². The van der Waals surface area contributed by atoms with Crippen molar-refractivity contribution in [1.29, 1.82) is 0 Å². The second-order valence-electron chi connectivity index (χ2n) is 7.25. The van der Waals surface area contributed by atoms with Crippen molar-refractivity contribution in [3.05, 3.63) is 70.8 Å². The Morgan fingerprint density at radius 3 is 1.92 bits per heavy atom. The average Bonchev–Trinajstić information content (AvgIpc) is 2.84. The van der Waals surface area contributed by atoms with Crippen molar-refractivity contribution in [2.75, 3.05) is 39.3 Å². The molecular formula is C22H28N2O. The van der Waals surface area contributed by atoms with Gasteiger partial charge in [-0.1, -0.05) is 48.5 Å². The quantitative estimate of drug-likeness (QED) is 0.930. The van der Waals surface area contributed by atoms with Crippen LogP contribution in [0.1, 0.15) is 34.7 Å². The maximum absolute atomic E-state index is 9.07. The average molecular weight is 336 g/mol. The molecule has 2 aromatic rings. The fourth-order valence-corrected chi connectivity index (χ4v) is 4.43. The van der Waals surface area contributed by atoms with Gasteiger partial charge in [-0.2, -0.15) is 0 Å². The monoisotopic (exact) mass is 336 g/mol. The summed E-state index contributed by atoms with van der Waals surface area (Å²) in [5, 5.41) is 9.07. The molecule has 0 saturated carbocycles. The zero-order valence-corrected chi connectivity index (χ0v) is 14.9. The molecule has 25 heavy (non-hydrogen) atoms. The first-order valence-corrected chi connectivity index (χ1v) is 9.59. The van der Waals surface area contributed by atoms with Gasteiger partial charge >= 0.3 is 0 Å². The van der Waals surface area contributed by atoms with Gasteiger partial charge in [-0.25, -0.2) is 0 Å². The van der Waals surface area contributed by atoms with Crippen molar-refractivity contribution in [2.45, 2.75) is 25.3 Å².